The first-order valence-electron chi connectivity index (χ1n) is 6.66. The Balaban J connectivity index is 2.31. The van der Waals surface area contributed by atoms with E-state index in [0.717, 1.165) is 0 Å². The van der Waals surface area contributed by atoms with Crippen molar-refractivity contribution in [2.45, 2.75) is 5.60 Å². The van der Waals surface area contributed by atoms with Crippen molar-refractivity contribution in [3.63, 3.8) is 0 Å². The average molecular weight is 302 g/mol. The van der Waals surface area contributed by atoms with Gasteiger partial charge in [-0.3, -0.25) is 0 Å². The van der Waals surface area contributed by atoms with E-state index in [4.69, 9.17) is 9.68 Å². The predicted molar refractivity (Wildman–Crippen MR) is 78.7 cm³/mol. The van der Waals surface area contributed by atoms with Crippen LogP contribution in [0.2, 0.25) is 0 Å². The molecule has 0 fully saturated rings. The number of furan rings is 1. The number of hydrogen-bond acceptors (Lipinski definition) is 6. The fourth-order valence-corrected chi connectivity index (χ4v) is 2.42. The molecule has 6 heteroatoms. The maximum absolute atomic E-state index is 11.4. The van der Waals surface area contributed by atoms with Crippen molar-refractivity contribution >= 4 is 0 Å². The highest BCUT2D eigenvalue weighted by Crippen LogP contribution is 2.38. The summed E-state index contributed by atoms with van der Waals surface area (Å²) >= 11 is 0. The summed E-state index contributed by atoms with van der Waals surface area (Å²) < 4.78 is 5.38. The van der Waals surface area contributed by atoms with Gasteiger partial charge in [0.25, 0.3) is 0 Å². The first-order valence-corrected chi connectivity index (χ1v) is 6.66. The SMILES string of the molecule is N#Cc1ccc(C(O)(c2cncnc2)c2ccco2)c(C#N)c1. The van der Waals surface area contributed by atoms with Crippen molar-refractivity contribution in [1.29, 1.82) is 10.5 Å². The van der Waals surface area contributed by atoms with E-state index in [1.807, 2.05) is 12.1 Å². The molecular formula is C17H10N4O2. The van der Waals surface area contributed by atoms with E-state index in [1.165, 1.54) is 43.2 Å². The normalized spacial score (nSPS) is 12.8. The molecule has 0 spiro atoms. The Morgan fingerprint density at radius 1 is 1.09 bits per heavy atom. The lowest BCUT2D eigenvalue weighted by Crippen LogP contribution is -2.29. The summed E-state index contributed by atoms with van der Waals surface area (Å²) in [5, 5.41) is 29.8. The lowest BCUT2D eigenvalue weighted by atomic mass is 9.82. The van der Waals surface area contributed by atoms with Gasteiger partial charge < -0.3 is 9.52 Å². The van der Waals surface area contributed by atoms with E-state index in [2.05, 4.69) is 9.97 Å². The van der Waals surface area contributed by atoms with Gasteiger partial charge >= 0.3 is 0 Å². The maximum atomic E-state index is 11.4. The van der Waals surface area contributed by atoms with Crippen LogP contribution in [0, 0.1) is 22.7 Å². The molecule has 2 heterocycles. The fourth-order valence-electron chi connectivity index (χ4n) is 2.42. The molecule has 3 aromatic rings. The molecule has 0 bridgehead atoms. The van der Waals surface area contributed by atoms with Crippen LogP contribution in [-0.4, -0.2) is 15.1 Å². The Morgan fingerprint density at radius 3 is 2.48 bits per heavy atom. The standard InChI is InChI=1S/C17H10N4O2/c18-7-12-3-4-15(13(6-12)8-19)17(22,16-2-1-5-23-16)14-9-20-11-21-10-14/h1-6,9-11,22H. The molecule has 3 rings (SSSR count). The Hall–Kier alpha value is -3.48. The zero-order valence-corrected chi connectivity index (χ0v) is 11.8. The van der Waals surface area contributed by atoms with E-state index in [9.17, 15) is 10.4 Å². The van der Waals surface area contributed by atoms with Gasteiger partial charge in [0.1, 0.15) is 12.1 Å². The molecule has 1 N–H and O–H groups in total. The van der Waals surface area contributed by atoms with Crippen LogP contribution in [0.25, 0.3) is 0 Å². The van der Waals surface area contributed by atoms with Gasteiger partial charge in [-0.05, 0) is 24.3 Å². The summed E-state index contributed by atoms with van der Waals surface area (Å²) in [5.41, 5.74) is -0.577. The number of rotatable bonds is 3. The van der Waals surface area contributed by atoms with Gasteiger partial charge in [0.15, 0.2) is 5.60 Å². The van der Waals surface area contributed by atoms with E-state index in [-0.39, 0.29) is 11.3 Å². The summed E-state index contributed by atoms with van der Waals surface area (Å²) in [7, 11) is 0. The van der Waals surface area contributed by atoms with Crippen LogP contribution in [-0.2, 0) is 5.60 Å². The highest BCUT2D eigenvalue weighted by molar-refractivity contribution is 5.53. The zero-order valence-electron chi connectivity index (χ0n) is 11.8. The number of nitrogens with zero attached hydrogens (tertiary/aromatic N) is 4. The van der Waals surface area contributed by atoms with E-state index < -0.39 is 5.60 Å². The largest absolute Gasteiger partial charge is 0.466 e. The van der Waals surface area contributed by atoms with Gasteiger partial charge in [0.05, 0.1) is 29.5 Å². The molecule has 0 aliphatic heterocycles. The molecule has 1 aromatic carbocycles. The van der Waals surface area contributed by atoms with Crippen molar-refractivity contribution in [2.24, 2.45) is 0 Å². The van der Waals surface area contributed by atoms with E-state index in [1.54, 1.807) is 12.1 Å². The van der Waals surface area contributed by atoms with Crippen molar-refractivity contribution in [1.82, 2.24) is 9.97 Å². The minimum Gasteiger partial charge on any atom is -0.466 e. The number of nitriles is 2. The van der Waals surface area contributed by atoms with Crippen molar-refractivity contribution in [3.8, 4) is 12.1 Å². The highest BCUT2D eigenvalue weighted by atomic mass is 16.4. The first-order chi connectivity index (χ1) is 11.2. The molecule has 0 saturated carbocycles. The maximum Gasteiger partial charge on any atom is 0.177 e. The molecule has 0 aliphatic rings. The molecule has 6 nitrogen and oxygen atoms in total. The second-order valence-electron chi connectivity index (χ2n) is 4.80. The van der Waals surface area contributed by atoms with Gasteiger partial charge in [-0.25, -0.2) is 9.97 Å². The van der Waals surface area contributed by atoms with Crippen LogP contribution in [0.4, 0.5) is 0 Å². The molecule has 0 saturated heterocycles. The molecule has 110 valence electrons. The molecular weight excluding hydrogens is 292 g/mol. The van der Waals surface area contributed by atoms with Crippen LogP contribution < -0.4 is 0 Å². The van der Waals surface area contributed by atoms with Crippen LogP contribution in [0.5, 0.6) is 0 Å². The van der Waals surface area contributed by atoms with Crippen LogP contribution in [0.15, 0.2) is 59.7 Å². The Bertz CT molecular complexity index is 908. The summed E-state index contributed by atoms with van der Waals surface area (Å²) in [6.07, 6.45) is 5.68. The van der Waals surface area contributed by atoms with E-state index >= 15 is 0 Å². The molecule has 0 radical (unpaired) electrons. The third-order valence-corrected chi connectivity index (χ3v) is 3.52. The number of aromatic nitrogens is 2. The third kappa shape index (κ3) is 2.34. The molecule has 23 heavy (non-hydrogen) atoms. The summed E-state index contributed by atoms with van der Waals surface area (Å²) in [5.74, 6) is 0.230. The topological polar surface area (TPSA) is 107 Å². The summed E-state index contributed by atoms with van der Waals surface area (Å²) in [4.78, 5) is 7.85. The minimum absolute atomic E-state index is 0.173. The average Bonchev–Trinajstić information content (AvgIpc) is 3.16. The van der Waals surface area contributed by atoms with Crippen molar-refractivity contribution in [3.05, 3.63) is 83.3 Å². The van der Waals surface area contributed by atoms with Gasteiger partial charge in [-0.2, -0.15) is 10.5 Å². The first kappa shape index (κ1) is 14.5. The molecule has 1 atom stereocenters. The van der Waals surface area contributed by atoms with Crippen molar-refractivity contribution < 1.29 is 9.52 Å². The lowest BCUT2D eigenvalue weighted by Gasteiger charge is -2.27. The predicted octanol–water partition coefficient (Wildman–Crippen LogP) is 2.10. The van der Waals surface area contributed by atoms with Gasteiger partial charge in [0, 0.05) is 23.5 Å². The molecule has 0 amide bonds. The smallest absolute Gasteiger partial charge is 0.177 e. The minimum atomic E-state index is -1.73. The Labute approximate surface area is 131 Å². The number of benzene rings is 1. The molecule has 2 aromatic heterocycles. The monoisotopic (exact) mass is 302 g/mol. The lowest BCUT2D eigenvalue weighted by molar-refractivity contribution is 0.0979. The summed E-state index contributed by atoms with van der Waals surface area (Å²) in [6, 6.07) is 11.7. The van der Waals surface area contributed by atoms with Crippen molar-refractivity contribution in [2.75, 3.05) is 0 Å². The Kier molecular flexibility index (Phi) is 3.60. The van der Waals surface area contributed by atoms with Gasteiger partial charge in [0.2, 0.25) is 0 Å². The Morgan fingerprint density at radius 2 is 1.87 bits per heavy atom. The molecule has 1 unspecified atom stereocenters. The van der Waals surface area contributed by atoms with Gasteiger partial charge in [-0.15, -0.1) is 0 Å². The van der Waals surface area contributed by atoms with Gasteiger partial charge in [-0.1, -0.05) is 6.07 Å². The van der Waals surface area contributed by atoms with E-state index in [0.29, 0.717) is 16.7 Å². The fraction of sp³-hybridized carbons (Fsp3) is 0.0588. The quantitative estimate of drug-likeness (QED) is 0.794. The number of aliphatic hydroxyl groups is 1. The third-order valence-electron chi connectivity index (χ3n) is 3.52. The highest BCUT2D eigenvalue weighted by Gasteiger charge is 2.39. The number of hydrogen-bond donors (Lipinski definition) is 1. The van der Waals surface area contributed by atoms with Crippen LogP contribution in [0.3, 0.4) is 0 Å². The molecule has 0 aliphatic carbocycles. The summed E-state index contributed by atoms with van der Waals surface area (Å²) in [6.45, 7) is 0. The zero-order chi connectivity index (χ0) is 16.3. The second-order valence-corrected chi connectivity index (χ2v) is 4.80. The van der Waals surface area contributed by atoms with Crippen LogP contribution in [0.1, 0.15) is 28.0 Å². The second kappa shape index (κ2) is 5.72. The van der Waals surface area contributed by atoms with Crippen LogP contribution >= 0.6 is 0 Å².